The molecule has 0 bridgehead atoms. The lowest BCUT2D eigenvalue weighted by Gasteiger charge is -2.06. The molecule has 4 rings (SSSR count). The molecule has 3 aromatic rings. The molecule has 1 aliphatic carbocycles. The topological polar surface area (TPSA) is 85.1 Å². The molecular formula is C15H12ClN3O3S2. The fraction of sp³-hybridized carbons (Fsp3) is 0.200. The lowest BCUT2D eigenvalue weighted by Crippen LogP contribution is -2.11. The van der Waals surface area contributed by atoms with Crippen molar-refractivity contribution < 1.29 is 12.8 Å². The van der Waals surface area contributed by atoms with Crippen molar-refractivity contribution in [2.75, 3.05) is 4.72 Å². The van der Waals surface area contributed by atoms with E-state index >= 15 is 0 Å². The van der Waals surface area contributed by atoms with Crippen LogP contribution in [0.4, 0.5) is 5.69 Å². The van der Waals surface area contributed by atoms with Gasteiger partial charge in [0.1, 0.15) is 4.21 Å². The number of thiophene rings is 1. The Bertz CT molecular complexity index is 993. The highest BCUT2D eigenvalue weighted by atomic mass is 35.5. The highest BCUT2D eigenvalue weighted by Crippen LogP contribution is 2.40. The fourth-order valence-corrected chi connectivity index (χ4v) is 4.63. The smallest absolute Gasteiger partial charge is 0.271 e. The minimum Gasteiger partial charge on any atom is -0.420 e. The second-order valence-corrected chi connectivity index (χ2v) is 8.88. The zero-order valence-corrected chi connectivity index (χ0v) is 14.7. The van der Waals surface area contributed by atoms with Gasteiger partial charge < -0.3 is 4.42 Å². The van der Waals surface area contributed by atoms with Crippen molar-refractivity contribution >= 4 is 38.6 Å². The molecule has 1 saturated carbocycles. The first-order valence-corrected chi connectivity index (χ1v) is 9.91. The van der Waals surface area contributed by atoms with E-state index in [2.05, 4.69) is 14.9 Å². The minimum atomic E-state index is -3.69. The van der Waals surface area contributed by atoms with Crippen molar-refractivity contribution in [2.24, 2.45) is 0 Å². The number of aromatic nitrogens is 2. The molecule has 0 saturated heterocycles. The molecule has 0 atom stereocenters. The Morgan fingerprint density at radius 1 is 1.21 bits per heavy atom. The summed E-state index contributed by atoms with van der Waals surface area (Å²) >= 11 is 6.96. The molecule has 0 aliphatic heterocycles. The third-order valence-corrected chi connectivity index (χ3v) is 6.68. The van der Waals surface area contributed by atoms with Crippen LogP contribution in [-0.2, 0) is 10.0 Å². The molecular weight excluding hydrogens is 370 g/mol. The van der Waals surface area contributed by atoms with E-state index in [-0.39, 0.29) is 4.21 Å². The Balaban J connectivity index is 1.58. The van der Waals surface area contributed by atoms with E-state index in [9.17, 15) is 8.42 Å². The summed E-state index contributed by atoms with van der Waals surface area (Å²) in [7, 11) is -3.69. The normalized spacial score (nSPS) is 14.7. The second-order valence-electron chi connectivity index (χ2n) is 5.45. The quantitative estimate of drug-likeness (QED) is 0.718. The zero-order valence-electron chi connectivity index (χ0n) is 12.3. The Morgan fingerprint density at radius 3 is 2.79 bits per heavy atom. The first-order chi connectivity index (χ1) is 11.5. The number of rotatable bonds is 5. The third-order valence-electron chi connectivity index (χ3n) is 3.50. The molecule has 24 heavy (non-hydrogen) atoms. The lowest BCUT2D eigenvalue weighted by atomic mass is 10.3. The van der Waals surface area contributed by atoms with Crippen LogP contribution in [0.15, 0.2) is 45.0 Å². The van der Waals surface area contributed by atoms with Crippen molar-refractivity contribution in [3.05, 3.63) is 47.3 Å². The van der Waals surface area contributed by atoms with Gasteiger partial charge in [0.25, 0.3) is 15.9 Å². The predicted molar refractivity (Wildman–Crippen MR) is 91.8 cm³/mol. The average Bonchev–Trinajstić information content (AvgIpc) is 3.07. The van der Waals surface area contributed by atoms with Crippen LogP contribution >= 0.6 is 22.9 Å². The minimum absolute atomic E-state index is 0.170. The van der Waals surface area contributed by atoms with Gasteiger partial charge in [-0.15, -0.1) is 21.5 Å². The lowest BCUT2D eigenvalue weighted by molar-refractivity contribution is 0.509. The van der Waals surface area contributed by atoms with Crippen molar-refractivity contribution in [1.82, 2.24) is 10.2 Å². The van der Waals surface area contributed by atoms with Gasteiger partial charge in [0, 0.05) is 10.9 Å². The van der Waals surface area contributed by atoms with E-state index in [0.717, 1.165) is 24.2 Å². The van der Waals surface area contributed by atoms with E-state index in [0.29, 0.717) is 33.3 Å². The maximum Gasteiger partial charge on any atom is 0.271 e. The van der Waals surface area contributed by atoms with Crippen LogP contribution < -0.4 is 4.72 Å². The maximum absolute atomic E-state index is 12.5. The summed E-state index contributed by atoms with van der Waals surface area (Å²) in [5.74, 6) is 1.34. The second kappa shape index (κ2) is 5.87. The first-order valence-electron chi connectivity index (χ1n) is 7.23. The van der Waals surface area contributed by atoms with Crippen molar-refractivity contribution in [2.45, 2.75) is 23.0 Å². The van der Waals surface area contributed by atoms with Gasteiger partial charge in [-0.2, -0.15) is 0 Å². The fourth-order valence-electron chi connectivity index (χ4n) is 2.17. The number of nitrogens with one attached hydrogen (secondary N) is 1. The molecule has 2 aromatic heterocycles. The molecule has 0 amide bonds. The monoisotopic (exact) mass is 381 g/mol. The molecule has 1 aliphatic rings. The van der Waals surface area contributed by atoms with E-state index in [1.807, 2.05) is 0 Å². The standard InChI is InChI=1S/C15H12ClN3O3S2/c16-10-2-1-3-11(8-10)19-24(20,21)13-7-6-12(23-13)15-18-17-14(22-15)9-4-5-9/h1-3,6-9,19H,4-5H2. The van der Waals surface area contributed by atoms with Gasteiger partial charge in [-0.25, -0.2) is 8.42 Å². The number of hydrogen-bond donors (Lipinski definition) is 1. The van der Waals surface area contributed by atoms with Crippen molar-refractivity contribution in [1.29, 1.82) is 0 Å². The predicted octanol–water partition coefficient (Wildman–Crippen LogP) is 4.13. The summed E-state index contributed by atoms with van der Waals surface area (Å²) in [6, 6.07) is 9.73. The largest absolute Gasteiger partial charge is 0.420 e. The van der Waals surface area contributed by atoms with Gasteiger partial charge in [0.15, 0.2) is 0 Å². The number of hydrogen-bond acceptors (Lipinski definition) is 6. The number of halogens is 1. The average molecular weight is 382 g/mol. The summed E-state index contributed by atoms with van der Waals surface area (Å²) in [4.78, 5) is 0.626. The molecule has 0 unspecified atom stereocenters. The van der Waals surface area contributed by atoms with E-state index in [1.165, 1.54) is 6.07 Å². The molecule has 9 heteroatoms. The number of nitrogens with zero attached hydrogens (tertiary/aromatic N) is 2. The van der Waals surface area contributed by atoms with Crippen molar-refractivity contribution in [3.63, 3.8) is 0 Å². The van der Waals surface area contributed by atoms with E-state index in [1.54, 1.807) is 30.3 Å². The van der Waals surface area contributed by atoms with Crippen LogP contribution in [0.25, 0.3) is 10.8 Å². The van der Waals surface area contributed by atoms with Crippen LogP contribution in [0.2, 0.25) is 5.02 Å². The highest BCUT2D eigenvalue weighted by molar-refractivity contribution is 7.94. The third kappa shape index (κ3) is 3.17. The van der Waals surface area contributed by atoms with E-state index in [4.69, 9.17) is 16.0 Å². The van der Waals surface area contributed by atoms with Gasteiger partial charge in [-0.3, -0.25) is 4.72 Å². The summed E-state index contributed by atoms with van der Waals surface area (Å²) in [5.41, 5.74) is 0.409. The van der Waals surface area contributed by atoms with E-state index < -0.39 is 10.0 Å². The van der Waals surface area contributed by atoms with Gasteiger partial charge >= 0.3 is 0 Å². The van der Waals surface area contributed by atoms with Crippen LogP contribution in [-0.4, -0.2) is 18.6 Å². The Kier molecular flexibility index (Phi) is 3.82. The summed E-state index contributed by atoms with van der Waals surface area (Å²) in [6.07, 6.45) is 2.13. The van der Waals surface area contributed by atoms with Crippen LogP contribution in [0.5, 0.6) is 0 Å². The van der Waals surface area contributed by atoms with Crippen molar-refractivity contribution in [3.8, 4) is 10.8 Å². The first kappa shape index (κ1) is 15.6. The van der Waals surface area contributed by atoms with Gasteiger partial charge in [-0.1, -0.05) is 17.7 Å². The highest BCUT2D eigenvalue weighted by Gasteiger charge is 2.30. The van der Waals surface area contributed by atoms with Crippen LogP contribution in [0, 0.1) is 0 Å². The van der Waals surface area contributed by atoms with Crippen LogP contribution in [0.1, 0.15) is 24.7 Å². The SMILES string of the molecule is O=S(=O)(Nc1cccc(Cl)c1)c1ccc(-c2nnc(C3CC3)o2)s1. The Morgan fingerprint density at radius 2 is 2.04 bits per heavy atom. The molecule has 1 N–H and O–H groups in total. The maximum atomic E-state index is 12.5. The van der Waals surface area contributed by atoms with Gasteiger partial charge in [0.05, 0.1) is 10.6 Å². The van der Waals surface area contributed by atoms with Gasteiger partial charge in [-0.05, 0) is 43.2 Å². The Hall–Kier alpha value is -1.90. The number of anilines is 1. The zero-order chi connectivity index (χ0) is 16.7. The molecule has 124 valence electrons. The summed E-state index contributed by atoms with van der Waals surface area (Å²) in [6.45, 7) is 0. The number of benzene rings is 1. The summed E-state index contributed by atoms with van der Waals surface area (Å²) in [5, 5.41) is 8.47. The molecule has 0 spiro atoms. The molecule has 1 fully saturated rings. The molecule has 1 aromatic carbocycles. The van der Waals surface area contributed by atoms with Crippen LogP contribution in [0.3, 0.4) is 0 Å². The summed E-state index contributed by atoms with van der Waals surface area (Å²) < 4.78 is 33.2. The molecule has 6 nitrogen and oxygen atoms in total. The molecule has 2 heterocycles. The van der Waals surface area contributed by atoms with Gasteiger partial charge in [0.2, 0.25) is 5.89 Å². The molecule has 0 radical (unpaired) electrons. The Labute approximate surface area is 147 Å². The number of sulfonamides is 1.